The highest BCUT2D eigenvalue weighted by molar-refractivity contribution is 5.39. The van der Waals surface area contributed by atoms with Gasteiger partial charge in [0.15, 0.2) is 0 Å². The molecule has 0 spiro atoms. The van der Waals surface area contributed by atoms with Gasteiger partial charge >= 0.3 is 0 Å². The van der Waals surface area contributed by atoms with E-state index >= 15 is 0 Å². The van der Waals surface area contributed by atoms with Crippen LogP contribution >= 0.6 is 0 Å². The molecule has 0 aliphatic heterocycles. The van der Waals surface area contributed by atoms with Crippen LogP contribution in [0.2, 0.25) is 0 Å². The van der Waals surface area contributed by atoms with E-state index in [9.17, 15) is 0 Å². The molecule has 0 radical (unpaired) electrons. The Labute approximate surface area is 92.1 Å². The van der Waals surface area contributed by atoms with Crippen molar-refractivity contribution in [1.82, 2.24) is 0 Å². The van der Waals surface area contributed by atoms with E-state index in [4.69, 9.17) is 0 Å². The molecule has 3 aliphatic carbocycles. The van der Waals surface area contributed by atoms with Gasteiger partial charge in [-0.25, -0.2) is 0 Å². The van der Waals surface area contributed by atoms with Crippen molar-refractivity contribution in [1.29, 1.82) is 0 Å². The van der Waals surface area contributed by atoms with Crippen molar-refractivity contribution in [2.75, 3.05) is 0 Å². The fourth-order valence-electron chi connectivity index (χ4n) is 3.18. The molecule has 3 aliphatic rings. The highest BCUT2D eigenvalue weighted by Gasteiger charge is 2.30. The molecule has 0 N–H and O–H groups in total. The zero-order valence-electron chi connectivity index (χ0n) is 9.32. The zero-order chi connectivity index (χ0) is 10.3. The minimum Gasteiger partial charge on any atom is -0.0874 e. The SMILES string of the molecule is CC1C=CCC2CC3CC=CC=C3C=C12. The van der Waals surface area contributed by atoms with Crippen molar-refractivity contribution in [3.05, 3.63) is 47.6 Å². The van der Waals surface area contributed by atoms with Crippen molar-refractivity contribution in [2.45, 2.75) is 26.2 Å². The third kappa shape index (κ3) is 1.52. The first-order valence-corrected chi connectivity index (χ1v) is 6.09. The van der Waals surface area contributed by atoms with E-state index in [1.54, 1.807) is 11.1 Å². The van der Waals surface area contributed by atoms with Gasteiger partial charge in [0.25, 0.3) is 0 Å². The van der Waals surface area contributed by atoms with Crippen LogP contribution in [-0.4, -0.2) is 0 Å². The first-order chi connectivity index (χ1) is 7.34. The maximum atomic E-state index is 2.48. The van der Waals surface area contributed by atoms with E-state index in [-0.39, 0.29) is 0 Å². The van der Waals surface area contributed by atoms with Gasteiger partial charge in [-0.2, -0.15) is 0 Å². The topological polar surface area (TPSA) is 0 Å². The van der Waals surface area contributed by atoms with Gasteiger partial charge in [0.1, 0.15) is 0 Å². The lowest BCUT2D eigenvalue weighted by Gasteiger charge is -2.36. The average molecular weight is 198 g/mol. The minimum absolute atomic E-state index is 0.663. The highest BCUT2D eigenvalue weighted by Crippen LogP contribution is 2.43. The molecule has 0 bridgehead atoms. The fourth-order valence-corrected chi connectivity index (χ4v) is 3.18. The van der Waals surface area contributed by atoms with E-state index in [2.05, 4.69) is 43.4 Å². The van der Waals surface area contributed by atoms with Crippen LogP contribution in [0.3, 0.4) is 0 Å². The summed E-state index contributed by atoms with van der Waals surface area (Å²) in [5, 5.41) is 0. The molecule has 0 heterocycles. The molecule has 0 aromatic heterocycles. The number of hydrogen-bond donors (Lipinski definition) is 0. The minimum atomic E-state index is 0.663. The Hall–Kier alpha value is -1.04. The summed E-state index contributed by atoms with van der Waals surface area (Å²) in [4.78, 5) is 0. The van der Waals surface area contributed by atoms with Gasteiger partial charge in [0, 0.05) is 0 Å². The molecule has 3 rings (SSSR count). The Morgan fingerprint density at radius 3 is 2.93 bits per heavy atom. The van der Waals surface area contributed by atoms with Gasteiger partial charge in [-0.05, 0) is 42.6 Å². The first-order valence-electron chi connectivity index (χ1n) is 6.09. The summed E-state index contributed by atoms with van der Waals surface area (Å²) in [6.45, 7) is 2.33. The van der Waals surface area contributed by atoms with Crippen LogP contribution in [0.5, 0.6) is 0 Å². The molecule has 0 saturated heterocycles. The van der Waals surface area contributed by atoms with Gasteiger partial charge in [0.2, 0.25) is 0 Å². The van der Waals surface area contributed by atoms with E-state index in [0.29, 0.717) is 5.92 Å². The molecule has 0 fully saturated rings. The second kappa shape index (κ2) is 3.52. The Balaban J connectivity index is 1.99. The first kappa shape index (κ1) is 9.21. The van der Waals surface area contributed by atoms with Gasteiger partial charge in [-0.15, -0.1) is 0 Å². The summed E-state index contributed by atoms with van der Waals surface area (Å²) in [7, 11) is 0. The third-order valence-electron chi connectivity index (χ3n) is 4.06. The van der Waals surface area contributed by atoms with Crippen LogP contribution in [0.1, 0.15) is 26.2 Å². The third-order valence-corrected chi connectivity index (χ3v) is 4.06. The van der Waals surface area contributed by atoms with Crippen molar-refractivity contribution >= 4 is 0 Å². The van der Waals surface area contributed by atoms with Gasteiger partial charge in [-0.3, -0.25) is 0 Å². The van der Waals surface area contributed by atoms with Crippen molar-refractivity contribution in [3.63, 3.8) is 0 Å². The number of fused-ring (bicyclic) bond motifs is 2. The Morgan fingerprint density at radius 1 is 1.13 bits per heavy atom. The van der Waals surface area contributed by atoms with Crippen LogP contribution in [0, 0.1) is 17.8 Å². The van der Waals surface area contributed by atoms with Crippen LogP contribution in [0.4, 0.5) is 0 Å². The molecule has 0 heteroatoms. The lowest BCUT2D eigenvalue weighted by Crippen LogP contribution is -2.23. The van der Waals surface area contributed by atoms with Crippen molar-refractivity contribution in [2.24, 2.45) is 17.8 Å². The maximum absolute atomic E-state index is 2.48. The monoisotopic (exact) mass is 198 g/mol. The summed E-state index contributed by atoms with van der Waals surface area (Å²) in [6, 6.07) is 0. The fraction of sp³-hybridized carbons (Fsp3) is 0.467. The average Bonchev–Trinajstić information content (AvgIpc) is 2.27. The Bertz CT molecular complexity index is 379. The van der Waals surface area contributed by atoms with E-state index in [1.807, 2.05) is 0 Å². The standard InChI is InChI=1S/C15H18/c1-11-5-4-8-14-9-12-6-2-3-7-13(12)10-15(11)14/h2-5,7,10-12,14H,6,8-9H2,1H3. The molecule has 0 amide bonds. The zero-order valence-corrected chi connectivity index (χ0v) is 9.32. The lowest BCUT2D eigenvalue weighted by atomic mass is 9.69. The number of hydrogen-bond acceptors (Lipinski definition) is 0. The number of rotatable bonds is 0. The summed E-state index contributed by atoms with van der Waals surface area (Å²) in [5.41, 5.74) is 3.25. The van der Waals surface area contributed by atoms with Gasteiger partial charge < -0.3 is 0 Å². The molecule has 0 nitrogen and oxygen atoms in total. The van der Waals surface area contributed by atoms with Crippen LogP contribution in [0.25, 0.3) is 0 Å². The quantitative estimate of drug-likeness (QED) is 0.515. The predicted molar refractivity (Wildman–Crippen MR) is 64.4 cm³/mol. The normalized spacial score (nSPS) is 37.8. The number of allylic oxidation sites excluding steroid dienone is 8. The second-order valence-corrected chi connectivity index (χ2v) is 5.06. The summed E-state index contributed by atoms with van der Waals surface area (Å²) in [5.74, 6) is 2.30. The van der Waals surface area contributed by atoms with Crippen LogP contribution in [0.15, 0.2) is 47.6 Å². The largest absolute Gasteiger partial charge is 0.0874 e. The molecular weight excluding hydrogens is 180 g/mol. The maximum Gasteiger partial charge on any atom is -0.00455 e. The second-order valence-electron chi connectivity index (χ2n) is 5.06. The predicted octanol–water partition coefficient (Wildman–Crippen LogP) is 4.03. The molecule has 15 heavy (non-hydrogen) atoms. The lowest BCUT2D eigenvalue weighted by molar-refractivity contribution is 0.408. The van der Waals surface area contributed by atoms with Crippen LogP contribution in [-0.2, 0) is 0 Å². The summed E-state index contributed by atoms with van der Waals surface area (Å²) >= 11 is 0. The summed E-state index contributed by atoms with van der Waals surface area (Å²) in [6.07, 6.45) is 18.0. The highest BCUT2D eigenvalue weighted by atomic mass is 14.3. The molecule has 0 saturated carbocycles. The molecule has 3 atom stereocenters. The van der Waals surface area contributed by atoms with Crippen molar-refractivity contribution < 1.29 is 0 Å². The molecule has 0 aromatic carbocycles. The summed E-state index contributed by atoms with van der Waals surface area (Å²) < 4.78 is 0. The van der Waals surface area contributed by atoms with Crippen LogP contribution < -0.4 is 0 Å². The van der Waals surface area contributed by atoms with Gasteiger partial charge in [-0.1, -0.05) is 49.0 Å². The van der Waals surface area contributed by atoms with Crippen molar-refractivity contribution in [3.8, 4) is 0 Å². The Kier molecular flexibility index (Phi) is 2.16. The van der Waals surface area contributed by atoms with E-state index < -0.39 is 0 Å². The molecule has 0 aromatic rings. The van der Waals surface area contributed by atoms with E-state index in [0.717, 1.165) is 11.8 Å². The molecule has 78 valence electrons. The van der Waals surface area contributed by atoms with Gasteiger partial charge in [0.05, 0.1) is 0 Å². The van der Waals surface area contributed by atoms with E-state index in [1.165, 1.54) is 19.3 Å². The smallest absolute Gasteiger partial charge is 0.00455 e. The molecular formula is C15H18. The molecule has 3 unspecified atom stereocenters. The Morgan fingerprint density at radius 2 is 2.00 bits per heavy atom.